The SMILES string of the molecule is CCOc1ccc2[nH]cc(C(=O)NCC3CCCCC3)c(=O)c2n1. The highest BCUT2D eigenvalue weighted by Crippen LogP contribution is 2.22. The van der Waals surface area contributed by atoms with E-state index in [0.717, 1.165) is 12.8 Å². The Hall–Kier alpha value is -2.37. The Bertz CT molecular complexity index is 779. The third-order valence-electron chi connectivity index (χ3n) is 4.51. The van der Waals surface area contributed by atoms with Gasteiger partial charge in [0.25, 0.3) is 5.91 Å². The number of carbonyl (C=O) groups excluding carboxylic acids is 1. The number of ether oxygens (including phenoxy) is 1. The summed E-state index contributed by atoms with van der Waals surface area (Å²) in [6, 6.07) is 3.43. The van der Waals surface area contributed by atoms with Gasteiger partial charge < -0.3 is 15.0 Å². The van der Waals surface area contributed by atoms with Gasteiger partial charge >= 0.3 is 0 Å². The second-order valence-corrected chi connectivity index (χ2v) is 6.22. The van der Waals surface area contributed by atoms with Gasteiger partial charge in [-0.1, -0.05) is 19.3 Å². The first kappa shape index (κ1) is 16.5. The van der Waals surface area contributed by atoms with Crippen LogP contribution in [0.15, 0.2) is 23.1 Å². The van der Waals surface area contributed by atoms with Crippen molar-refractivity contribution in [1.82, 2.24) is 15.3 Å². The maximum absolute atomic E-state index is 12.6. The normalized spacial score (nSPS) is 15.4. The number of rotatable bonds is 5. The summed E-state index contributed by atoms with van der Waals surface area (Å²) >= 11 is 0. The van der Waals surface area contributed by atoms with Gasteiger partial charge in [0.05, 0.1) is 12.1 Å². The Kier molecular flexibility index (Phi) is 5.13. The van der Waals surface area contributed by atoms with Crippen LogP contribution in [0.3, 0.4) is 0 Å². The molecule has 0 saturated heterocycles. The van der Waals surface area contributed by atoms with Crippen molar-refractivity contribution < 1.29 is 9.53 Å². The molecule has 2 aromatic rings. The quantitative estimate of drug-likeness (QED) is 0.883. The maximum atomic E-state index is 12.6. The van der Waals surface area contributed by atoms with Crippen LogP contribution in [0.1, 0.15) is 49.4 Å². The van der Waals surface area contributed by atoms with E-state index in [1.165, 1.54) is 25.5 Å². The van der Waals surface area contributed by atoms with Crippen molar-refractivity contribution in [2.75, 3.05) is 13.2 Å². The Morgan fingerprint density at radius 1 is 1.33 bits per heavy atom. The van der Waals surface area contributed by atoms with Gasteiger partial charge in [0.1, 0.15) is 11.1 Å². The first-order valence-electron chi connectivity index (χ1n) is 8.62. The number of hydrogen-bond donors (Lipinski definition) is 2. The largest absolute Gasteiger partial charge is 0.478 e. The smallest absolute Gasteiger partial charge is 0.256 e. The van der Waals surface area contributed by atoms with E-state index < -0.39 is 0 Å². The molecule has 6 heteroatoms. The lowest BCUT2D eigenvalue weighted by molar-refractivity contribution is 0.0942. The second kappa shape index (κ2) is 7.47. The van der Waals surface area contributed by atoms with Crippen molar-refractivity contribution in [2.24, 2.45) is 5.92 Å². The standard InChI is InChI=1S/C18H23N3O3/c1-2-24-15-9-8-14-16(21-15)17(22)13(11-19-14)18(23)20-10-12-6-4-3-5-7-12/h8-9,11-12H,2-7,10H2,1H3,(H,19,22)(H,20,23). The third kappa shape index (κ3) is 3.58. The van der Waals surface area contributed by atoms with Crippen LogP contribution in [0, 0.1) is 5.92 Å². The fourth-order valence-corrected chi connectivity index (χ4v) is 3.19. The van der Waals surface area contributed by atoms with E-state index in [1.54, 1.807) is 12.1 Å². The molecular formula is C18H23N3O3. The van der Waals surface area contributed by atoms with Gasteiger partial charge in [-0.3, -0.25) is 9.59 Å². The predicted molar refractivity (Wildman–Crippen MR) is 92.4 cm³/mol. The summed E-state index contributed by atoms with van der Waals surface area (Å²) < 4.78 is 5.33. The van der Waals surface area contributed by atoms with Crippen LogP contribution in [0.4, 0.5) is 0 Å². The molecule has 1 saturated carbocycles. The maximum Gasteiger partial charge on any atom is 0.256 e. The molecule has 2 aromatic heterocycles. The molecule has 0 aromatic carbocycles. The molecule has 128 valence electrons. The third-order valence-corrected chi connectivity index (χ3v) is 4.51. The molecule has 0 aliphatic heterocycles. The van der Waals surface area contributed by atoms with Crippen molar-refractivity contribution in [3.05, 3.63) is 34.1 Å². The molecule has 2 heterocycles. The monoisotopic (exact) mass is 329 g/mol. The molecule has 2 N–H and O–H groups in total. The molecule has 0 spiro atoms. The predicted octanol–water partition coefficient (Wildman–Crippen LogP) is 2.63. The minimum absolute atomic E-state index is 0.0967. The average molecular weight is 329 g/mol. The molecule has 0 radical (unpaired) electrons. The summed E-state index contributed by atoms with van der Waals surface area (Å²) in [5.41, 5.74) is 0.546. The minimum Gasteiger partial charge on any atom is -0.478 e. The van der Waals surface area contributed by atoms with E-state index in [2.05, 4.69) is 15.3 Å². The zero-order chi connectivity index (χ0) is 16.9. The molecule has 1 fully saturated rings. The summed E-state index contributed by atoms with van der Waals surface area (Å²) in [5, 5.41) is 2.90. The molecule has 0 bridgehead atoms. The van der Waals surface area contributed by atoms with Crippen LogP contribution in [-0.2, 0) is 0 Å². The lowest BCUT2D eigenvalue weighted by atomic mass is 9.89. The fraction of sp³-hybridized carbons (Fsp3) is 0.500. The van der Waals surface area contributed by atoms with Crippen molar-refractivity contribution >= 4 is 16.9 Å². The number of aromatic nitrogens is 2. The number of nitrogens with one attached hydrogen (secondary N) is 2. The number of amides is 1. The summed E-state index contributed by atoms with van der Waals surface area (Å²) in [5.74, 6) is 0.563. The van der Waals surface area contributed by atoms with Crippen LogP contribution in [0.5, 0.6) is 5.88 Å². The molecule has 6 nitrogen and oxygen atoms in total. The second-order valence-electron chi connectivity index (χ2n) is 6.22. The molecule has 1 aliphatic carbocycles. The highest BCUT2D eigenvalue weighted by molar-refractivity contribution is 5.96. The van der Waals surface area contributed by atoms with E-state index in [-0.39, 0.29) is 22.4 Å². The van der Waals surface area contributed by atoms with Gasteiger partial charge in [0.15, 0.2) is 0 Å². The zero-order valence-corrected chi connectivity index (χ0v) is 13.9. The van der Waals surface area contributed by atoms with E-state index in [4.69, 9.17) is 4.74 Å². The van der Waals surface area contributed by atoms with Gasteiger partial charge in [-0.05, 0) is 31.7 Å². The first-order chi connectivity index (χ1) is 11.7. The van der Waals surface area contributed by atoms with Crippen LogP contribution in [0.2, 0.25) is 0 Å². The Morgan fingerprint density at radius 3 is 2.88 bits per heavy atom. The van der Waals surface area contributed by atoms with E-state index in [9.17, 15) is 9.59 Å². The number of fused-ring (bicyclic) bond motifs is 1. The van der Waals surface area contributed by atoms with Crippen molar-refractivity contribution in [2.45, 2.75) is 39.0 Å². The van der Waals surface area contributed by atoms with Gasteiger partial charge in [0, 0.05) is 18.8 Å². The molecule has 1 amide bonds. The molecule has 3 rings (SSSR count). The lowest BCUT2D eigenvalue weighted by Crippen LogP contribution is -2.33. The number of carbonyl (C=O) groups is 1. The summed E-state index contributed by atoms with van der Waals surface area (Å²) in [6.45, 7) is 2.95. The number of pyridine rings is 2. The number of hydrogen-bond acceptors (Lipinski definition) is 4. The van der Waals surface area contributed by atoms with Gasteiger partial charge in [0.2, 0.25) is 11.3 Å². The van der Waals surface area contributed by atoms with Crippen molar-refractivity contribution in [1.29, 1.82) is 0 Å². The average Bonchev–Trinajstić information content (AvgIpc) is 2.61. The molecule has 0 atom stereocenters. The van der Waals surface area contributed by atoms with Gasteiger partial charge in [-0.2, -0.15) is 0 Å². The Labute approximate surface area is 140 Å². The van der Waals surface area contributed by atoms with Gasteiger partial charge in [-0.15, -0.1) is 0 Å². The minimum atomic E-state index is -0.369. The number of nitrogens with zero attached hydrogens (tertiary/aromatic N) is 1. The van der Waals surface area contributed by atoms with Crippen LogP contribution in [-0.4, -0.2) is 29.0 Å². The van der Waals surface area contributed by atoms with Crippen molar-refractivity contribution in [3.63, 3.8) is 0 Å². The number of aromatic amines is 1. The van der Waals surface area contributed by atoms with E-state index in [0.29, 0.717) is 30.5 Å². The summed E-state index contributed by atoms with van der Waals surface area (Å²) in [4.78, 5) is 32.1. The summed E-state index contributed by atoms with van der Waals surface area (Å²) in [6.07, 6.45) is 7.48. The Balaban J connectivity index is 1.79. The molecule has 24 heavy (non-hydrogen) atoms. The lowest BCUT2D eigenvalue weighted by Gasteiger charge is -2.21. The van der Waals surface area contributed by atoms with E-state index in [1.807, 2.05) is 6.92 Å². The molecule has 1 aliphatic rings. The molecular weight excluding hydrogens is 306 g/mol. The van der Waals surface area contributed by atoms with Crippen LogP contribution < -0.4 is 15.5 Å². The number of H-pyrrole nitrogens is 1. The Morgan fingerprint density at radius 2 is 2.12 bits per heavy atom. The van der Waals surface area contributed by atoms with Gasteiger partial charge in [-0.25, -0.2) is 4.98 Å². The zero-order valence-electron chi connectivity index (χ0n) is 13.9. The highest BCUT2D eigenvalue weighted by Gasteiger charge is 2.17. The van der Waals surface area contributed by atoms with Crippen molar-refractivity contribution in [3.8, 4) is 5.88 Å². The van der Waals surface area contributed by atoms with Crippen LogP contribution >= 0.6 is 0 Å². The topological polar surface area (TPSA) is 84.1 Å². The fourth-order valence-electron chi connectivity index (χ4n) is 3.19. The summed E-state index contributed by atoms with van der Waals surface area (Å²) in [7, 11) is 0. The van der Waals surface area contributed by atoms with Crippen LogP contribution in [0.25, 0.3) is 11.0 Å². The molecule has 0 unspecified atom stereocenters. The first-order valence-corrected chi connectivity index (χ1v) is 8.62. The highest BCUT2D eigenvalue weighted by atomic mass is 16.5. The van der Waals surface area contributed by atoms with E-state index >= 15 is 0 Å².